The monoisotopic (exact) mass is 403 g/mol. The van der Waals surface area contributed by atoms with Crippen molar-refractivity contribution in [2.45, 2.75) is 64.1 Å². The van der Waals surface area contributed by atoms with Crippen molar-refractivity contribution >= 4 is 11.9 Å². The average molecular weight is 403 g/mol. The van der Waals surface area contributed by atoms with E-state index in [1.165, 1.54) is 0 Å². The Morgan fingerprint density at radius 1 is 1.18 bits per heavy atom. The van der Waals surface area contributed by atoms with Gasteiger partial charge >= 0.3 is 12.1 Å². The first kappa shape index (κ1) is 22.2. The van der Waals surface area contributed by atoms with Crippen LogP contribution in [-0.4, -0.2) is 36.0 Å². The summed E-state index contributed by atoms with van der Waals surface area (Å²) in [7, 11) is 0. The molecule has 1 amide bonds. The number of amides is 1. The zero-order valence-corrected chi connectivity index (χ0v) is 15.9. The first-order chi connectivity index (χ1) is 13.3. The van der Waals surface area contributed by atoms with Gasteiger partial charge in [-0.05, 0) is 31.4 Å². The minimum Gasteiger partial charge on any atom is -0.464 e. The summed E-state index contributed by atoms with van der Waals surface area (Å²) in [4.78, 5) is 26.0. The van der Waals surface area contributed by atoms with Crippen molar-refractivity contribution in [3.63, 3.8) is 0 Å². The third-order valence-electron chi connectivity index (χ3n) is 4.81. The fraction of sp³-hybridized carbons (Fsp3) is 0.600. The molecule has 1 aliphatic heterocycles. The maximum absolute atomic E-state index is 14.1. The lowest BCUT2D eigenvalue weighted by molar-refractivity contribution is -0.148. The van der Waals surface area contributed by atoms with E-state index in [4.69, 9.17) is 4.74 Å². The Morgan fingerprint density at radius 3 is 2.57 bits per heavy atom. The molecule has 4 nitrogen and oxygen atoms in total. The van der Waals surface area contributed by atoms with Gasteiger partial charge in [-0.25, -0.2) is 9.18 Å². The molecule has 0 saturated carbocycles. The molecule has 1 aromatic rings. The molecule has 1 atom stereocenters. The SMILES string of the molecule is CCCCCCCOC(=O)C1CCCN1C(=O)c1c(F)cccc1C(F)(F)F. The van der Waals surface area contributed by atoms with Gasteiger partial charge in [-0.1, -0.05) is 38.7 Å². The number of ether oxygens (including phenoxy) is 1. The summed E-state index contributed by atoms with van der Waals surface area (Å²) in [5, 5.41) is 0. The first-order valence-corrected chi connectivity index (χ1v) is 9.60. The molecule has 0 aliphatic carbocycles. The zero-order valence-electron chi connectivity index (χ0n) is 15.9. The zero-order chi connectivity index (χ0) is 20.7. The number of rotatable bonds is 8. The Morgan fingerprint density at radius 2 is 1.89 bits per heavy atom. The molecule has 0 bridgehead atoms. The second-order valence-corrected chi connectivity index (χ2v) is 6.90. The van der Waals surface area contributed by atoms with Crippen LogP contribution in [0.3, 0.4) is 0 Å². The summed E-state index contributed by atoms with van der Waals surface area (Å²) in [6.45, 7) is 2.38. The van der Waals surface area contributed by atoms with Crippen molar-refractivity contribution in [3.8, 4) is 0 Å². The van der Waals surface area contributed by atoms with Gasteiger partial charge in [0.25, 0.3) is 5.91 Å². The number of unbranched alkanes of at least 4 members (excludes halogenated alkanes) is 4. The summed E-state index contributed by atoms with van der Waals surface area (Å²) in [6, 6.07) is 1.39. The lowest BCUT2D eigenvalue weighted by Crippen LogP contribution is -2.42. The van der Waals surface area contributed by atoms with Crippen LogP contribution in [0.1, 0.15) is 67.8 Å². The van der Waals surface area contributed by atoms with Crippen molar-refractivity contribution < 1.29 is 31.9 Å². The van der Waals surface area contributed by atoms with E-state index in [1.807, 2.05) is 0 Å². The van der Waals surface area contributed by atoms with Crippen LogP contribution in [0.25, 0.3) is 0 Å². The van der Waals surface area contributed by atoms with Gasteiger partial charge in [0.2, 0.25) is 0 Å². The number of esters is 1. The molecular weight excluding hydrogens is 378 g/mol. The molecule has 1 heterocycles. The molecule has 1 fully saturated rings. The topological polar surface area (TPSA) is 46.6 Å². The van der Waals surface area contributed by atoms with E-state index < -0.39 is 41.0 Å². The van der Waals surface area contributed by atoms with Gasteiger partial charge in [-0.3, -0.25) is 4.79 Å². The van der Waals surface area contributed by atoms with E-state index >= 15 is 0 Å². The van der Waals surface area contributed by atoms with Crippen molar-refractivity contribution in [1.82, 2.24) is 4.90 Å². The Hall–Kier alpha value is -2.12. The predicted octanol–water partition coefficient (Wildman–Crippen LogP) is 4.96. The quantitative estimate of drug-likeness (QED) is 0.350. The summed E-state index contributed by atoms with van der Waals surface area (Å²) < 4.78 is 58.9. The Balaban J connectivity index is 2.07. The van der Waals surface area contributed by atoms with Gasteiger partial charge in [-0.15, -0.1) is 0 Å². The van der Waals surface area contributed by atoms with E-state index in [0.717, 1.165) is 42.7 Å². The third-order valence-corrected chi connectivity index (χ3v) is 4.81. The minimum atomic E-state index is -4.87. The van der Waals surface area contributed by atoms with Crippen molar-refractivity contribution in [3.05, 3.63) is 35.1 Å². The van der Waals surface area contributed by atoms with E-state index in [2.05, 4.69) is 6.92 Å². The highest BCUT2D eigenvalue weighted by molar-refractivity contribution is 5.98. The van der Waals surface area contributed by atoms with E-state index in [0.29, 0.717) is 18.9 Å². The predicted molar refractivity (Wildman–Crippen MR) is 95.2 cm³/mol. The fourth-order valence-corrected chi connectivity index (χ4v) is 3.35. The molecule has 1 aromatic carbocycles. The summed E-state index contributed by atoms with van der Waals surface area (Å²) in [5.41, 5.74) is -2.39. The van der Waals surface area contributed by atoms with Crippen LogP contribution in [0.15, 0.2) is 18.2 Å². The first-order valence-electron chi connectivity index (χ1n) is 9.60. The summed E-state index contributed by atoms with van der Waals surface area (Å²) >= 11 is 0. The maximum atomic E-state index is 14.1. The average Bonchev–Trinajstić information content (AvgIpc) is 3.13. The molecular formula is C20H25F4NO3. The standard InChI is InChI=1S/C20H25F4NO3/c1-2-3-4-5-6-13-28-19(27)16-11-8-12-25(16)18(26)17-14(20(22,23)24)9-7-10-15(17)21/h7,9-10,16H,2-6,8,11-13H2,1H3. The molecule has 1 aliphatic rings. The number of carbonyl (C=O) groups excluding carboxylic acids is 2. The molecule has 8 heteroatoms. The Labute approximate surface area is 161 Å². The van der Waals surface area contributed by atoms with Gasteiger partial charge in [-0.2, -0.15) is 13.2 Å². The van der Waals surface area contributed by atoms with Gasteiger partial charge in [0.15, 0.2) is 0 Å². The number of benzene rings is 1. The van der Waals surface area contributed by atoms with E-state index in [9.17, 15) is 27.2 Å². The van der Waals surface area contributed by atoms with Gasteiger partial charge in [0.05, 0.1) is 17.7 Å². The molecule has 0 radical (unpaired) electrons. The number of alkyl halides is 3. The molecule has 0 N–H and O–H groups in total. The van der Waals surface area contributed by atoms with Crippen LogP contribution in [0, 0.1) is 5.82 Å². The number of halogens is 4. The Bertz CT molecular complexity index is 691. The van der Waals surface area contributed by atoms with Crippen LogP contribution >= 0.6 is 0 Å². The smallest absolute Gasteiger partial charge is 0.417 e. The maximum Gasteiger partial charge on any atom is 0.417 e. The normalized spacial score (nSPS) is 17.0. The number of hydrogen-bond acceptors (Lipinski definition) is 3. The van der Waals surface area contributed by atoms with E-state index in [-0.39, 0.29) is 19.6 Å². The van der Waals surface area contributed by atoms with Crippen molar-refractivity contribution in [2.75, 3.05) is 13.2 Å². The largest absolute Gasteiger partial charge is 0.464 e. The van der Waals surface area contributed by atoms with Gasteiger partial charge in [0, 0.05) is 6.54 Å². The third kappa shape index (κ3) is 5.45. The summed E-state index contributed by atoms with van der Waals surface area (Å²) in [6.07, 6.45) is 0.694. The van der Waals surface area contributed by atoms with Gasteiger partial charge < -0.3 is 9.64 Å². The molecule has 2 rings (SSSR count). The molecule has 0 spiro atoms. The van der Waals surface area contributed by atoms with Crippen LogP contribution in [0.2, 0.25) is 0 Å². The second-order valence-electron chi connectivity index (χ2n) is 6.90. The van der Waals surface area contributed by atoms with Crippen LogP contribution < -0.4 is 0 Å². The number of hydrogen-bond donors (Lipinski definition) is 0. The molecule has 1 unspecified atom stereocenters. The minimum absolute atomic E-state index is 0.0841. The van der Waals surface area contributed by atoms with Crippen molar-refractivity contribution in [2.24, 2.45) is 0 Å². The lowest BCUT2D eigenvalue weighted by atomic mass is 10.0. The molecule has 156 valence electrons. The van der Waals surface area contributed by atoms with Crippen molar-refractivity contribution in [1.29, 1.82) is 0 Å². The Kier molecular flexibility index (Phi) is 7.83. The summed E-state index contributed by atoms with van der Waals surface area (Å²) in [5.74, 6) is -3.03. The van der Waals surface area contributed by atoms with Crippen LogP contribution in [-0.2, 0) is 15.7 Å². The van der Waals surface area contributed by atoms with Gasteiger partial charge in [0.1, 0.15) is 11.9 Å². The molecule has 1 saturated heterocycles. The highest BCUT2D eigenvalue weighted by atomic mass is 19.4. The fourth-order valence-electron chi connectivity index (χ4n) is 3.35. The second kappa shape index (κ2) is 9.89. The van der Waals surface area contributed by atoms with E-state index in [1.54, 1.807) is 0 Å². The van der Waals surface area contributed by atoms with Crippen LogP contribution in [0.5, 0.6) is 0 Å². The number of nitrogens with zero attached hydrogens (tertiary/aromatic N) is 1. The highest BCUT2D eigenvalue weighted by Gasteiger charge is 2.42. The number of carbonyl (C=O) groups is 2. The molecule has 0 aromatic heterocycles. The number of likely N-dealkylation sites (tertiary alicyclic amines) is 1. The highest BCUT2D eigenvalue weighted by Crippen LogP contribution is 2.34. The molecule has 28 heavy (non-hydrogen) atoms. The van der Waals surface area contributed by atoms with Crippen LogP contribution in [0.4, 0.5) is 17.6 Å². The lowest BCUT2D eigenvalue weighted by Gasteiger charge is -2.25.